The number of nitrogens with zero attached hydrogens (tertiary/aromatic N) is 2. The maximum absolute atomic E-state index is 13.4. The molecule has 1 aromatic heterocycles. The number of aromatic nitrogens is 1. The molecule has 146 valence electrons. The number of carbonyl (C=O) groups excluding carboxylic acids is 1. The number of methoxy groups -OCH3 is 1. The first-order valence-corrected chi connectivity index (χ1v) is 10.1. The highest BCUT2D eigenvalue weighted by atomic mass is 32.1. The standard InChI is InChI=1S/C22H18N2O4S/c1-22-17(20(26)27-2)18(14-10-6-7-11-15(14)28-22)24-19(25)16(29-21(24)23-22)12-13-8-4-3-5-9-13/h3-12,17-18H,1-2H3/b16-12-/t17-,18+,22-/m1/s1. The maximum atomic E-state index is 13.4. The van der Waals surface area contributed by atoms with Crippen LogP contribution in [-0.4, -0.2) is 23.4 Å². The largest absolute Gasteiger partial charge is 0.469 e. The van der Waals surface area contributed by atoms with E-state index in [1.165, 1.54) is 18.4 Å². The molecule has 2 aliphatic heterocycles. The lowest BCUT2D eigenvalue weighted by molar-refractivity contribution is -0.158. The normalized spacial score (nSPS) is 24.7. The minimum Gasteiger partial charge on any atom is -0.469 e. The van der Waals surface area contributed by atoms with Crippen molar-refractivity contribution in [1.29, 1.82) is 0 Å². The Kier molecular flexibility index (Phi) is 3.96. The molecule has 0 amide bonds. The summed E-state index contributed by atoms with van der Waals surface area (Å²) in [6.07, 6.45) is 1.85. The quantitative estimate of drug-likeness (QED) is 0.609. The number of carbonyl (C=O) groups is 1. The van der Waals surface area contributed by atoms with Gasteiger partial charge in [0.15, 0.2) is 4.80 Å². The summed E-state index contributed by atoms with van der Waals surface area (Å²) in [5.41, 5.74) is 0.394. The molecule has 0 spiro atoms. The Bertz CT molecular complexity index is 1290. The summed E-state index contributed by atoms with van der Waals surface area (Å²) in [6.45, 7) is 1.77. The number of hydrogen-bond acceptors (Lipinski definition) is 6. The molecular formula is C22H18N2O4S. The van der Waals surface area contributed by atoms with E-state index in [-0.39, 0.29) is 5.56 Å². The molecule has 0 radical (unpaired) electrons. The smallest absolute Gasteiger partial charge is 0.317 e. The molecule has 0 aliphatic carbocycles. The second-order valence-electron chi connectivity index (χ2n) is 7.23. The third-order valence-electron chi connectivity index (χ3n) is 5.43. The fraction of sp³-hybridized carbons (Fsp3) is 0.227. The Morgan fingerprint density at radius 3 is 2.69 bits per heavy atom. The van der Waals surface area contributed by atoms with Crippen LogP contribution in [0.25, 0.3) is 6.08 Å². The first kappa shape index (κ1) is 17.9. The second-order valence-corrected chi connectivity index (χ2v) is 8.24. The van der Waals surface area contributed by atoms with E-state index < -0.39 is 23.7 Å². The zero-order chi connectivity index (χ0) is 20.2. The number of esters is 1. The van der Waals surface area contributed by atoms with Gasteiger partial charge in [0.1, 0.15) is 11.7 Å². The summed E-state index contributed by atoms with van der Waals surface area (Å²) in [4.78, 5) is 31.4. The van der Waals surface area contributed by atoms with Gasteiger partial charge in [-0.3, -0.25) is 14.2 Å². The predicted molar refractivity (Wildman–Crippen MR) is 108 cm³/mol. The predicted octanol–water partition coefficient (Wildman–Crippen LogP) is 1.86. The fourth-order valence-electron chi connectivity index (χ4n) is 4.13. The molecule has 6 nitrogen and oxygen atoms in total. The minimum absolute atomic E-state index is 0.171. The molecular weight excluding hydrogens is 388 g/mol. The Balaban J connectivity index is 1.81. The van der Waals surface area contributed by atoms with Crippen LogP contribution in [0.2, 0.25) is 0 Å². The number of thiazole rings is 1. The van der Waals surface area contributed by atoms with E-state index in [2.05, 4.69) is 0 Å². The Labute approximate surface area is 170 Å². The third kappa shape index (κ3) is 2.65. The molecule has 7 heteroatoms. The van der Waals surface area contributed by atoms with E-state index in [0.717, 1.165) is 11.1 Å². The van der Waals surface area contributed by atoms with Crippen molar-refractivity contribution in [3.8, 4) is 5.75 Å². The monoisotopic (exact) mass is 406 g/mol. The summed E-state index contributed by atoms with van der Waals surface area (Å²) in [5.74, 6) is -0.582. The lowest BCUT2D eigenvalue weighted by Crippen LogP contribution is -2.58. The molecule has 0 saturated carbocycles. The Morgan fingerprint density at radius 1 is 1.21 bits per heavy atom. The Hall–Kier alpha value is -3.19. The molecule has 2 bridgehead atoms. The first-order valence-electron chi connectivity index (χ1n) is 9.25. The summed E-state index contributed by atoms with van der Waals surface area (Å²) in [7, 11) is 1.34. The highest BCUT2D eigenvalue weighted by Gasteiger charge is 2.55. The van der Waals surface area contributed by atoms with E-state index in [1.807, 2.05) is 60.7 Å². The number of ether oxygens (including phenoxy) is 2. The molecule has 3 heterocycles. The van der Waals surface area contributed by atoms with Crippen molar-refractivity contribution in [2.75, 3.05) is 7.11 Å². The number of rotatable bonds is 2. The van der Waals surface area contributed by atoms with Crippen molar-refractivity contribution in [2.24, 2.45) is 10.9 Å². The number of benzene rings is 2. The van der Waals surface area contributed by atoms with E-state index in [0.29, 0.717) is 15.1 Å². The minimum atomic E-state index is -1.15. The van der Waals surface area contributed by atoms with Crippen LogP contribution in [0.1, 0.15) is 24.1 Å². The van der Waals surface area contributed by atoms with E-state index in [9.17, 15) is 9.59 Å². The van der Waals surface area contributed by atoms with Crippen molar-refractivity contribution in [3.63, 3.8) is 0 Å². The van der Waals surface area contributed by atoms with Crippen molar-refractivity contribution in [1.82, 2.24) is 4.57 Å². The van der Waals surface area contributed by atoms with Crippen molar-refractivity contribution in [3.05, 3.63) is 85.4 Å². The molecule has 0 unspecified atom stereocenters. The zero-order valence-electron chi connectivity index (χ0n) is 15.9. The lowest BCUT2D eigenvalue weighted by Gasteiger charge is -2.44. The summed E-state index contributed by atoms with van der Waals surface area (Å²) < 4.78 is 13.4. The van der Waals surface area contributed by atoms with Crippen molar-refractivity contribution in [2.45, 2.75) is 18.7 Å². The molecule has 5 rings (SSSR count). The summed E-state index contributed by atoms with van der Waals surface area (Å²) >= 11 is 1.30. The molecule has 2 aromatic carbocycles. The van der Waals surface area contributed by atoms with Gasteiger partial charge < -0.3 is 9.47 Å². The highest BCUT2D eigenvalue weighted by Crippen LogP contribution is 2.47. The van der Waals surface area contributed by atoms with Crippen molar-refractivity contribution < 1.29 is 14.3 Å². The van der Waals surface area contributed by atoms with Gasteiger partial charge in [0, 0.05) is 5.56 Å². The van der Waals surface area contributed by atoms with Crippen LogP contribution in [0, 0.1) is 5.92 Å². The molecule has 3 atom stereocenters. The van der Waals surface area contributed by atoms with E-state index in [4.69, 9.17) is 14.5 Å². The molecule has 2 aliphatic rings. The molecule has 0 fully saturated rings. The van der Waals surface area contributed by atoms with Gasteiger partial charge in [-0.2, -0.15) is 0 Å². The Morgan fingerprint density at radius 2 is 1.93 bits per heavy atom. The van der Waals surface area contributed by atoms with Gasteiger partial charge in [-0.25, -0.2) is 4.99 Å². The summed E-state index contributed by atoms with van der Waals surface area (Å²) in [6, 6.07) is 16.6. The van der Waals surface area contributed by atoms with Gasteiger partial charge in [-0.15, -0.1) is 0 Å². The van der Waals surface area contributed by atoms with Gasteiger partial charge in [0.2, 0.25) is 5.72 Å². The summed E-state index contributed by atoms with van der Waals surface area (Å²) in [5, 5.41) is 0. The maximum Gasteiger partial charge on any atom is 0.317 e. The molecule has 3 aromatic rings. The molecule has 0 saturated heterocycles. The van der Waals surface area contributed by atoms with Gasteiger partial charge in [-0.05, 0) is 24.6 Å². The van der Waals surface area contributed by atoms with Crippen LogP contribution in [-0.2, 0) is 9.53 Å². The number of para-hydroxylation sites is 1. The van der Waals surface area contributed by atoms with Crippen LogP contribution in [0.4, 0.5) is 0 Å². The van der Waals surface area contributed by atoms with Crippen LogP contribution >= 0.6 is 11.3 Å². The van der Waals surface area contributed by atoms with E-state index >= 15 is 0 Å². The van der Waals surface area contributed by atoms with Gasteiger partial charge in [-0.1, -0.05) is 59.9 Å². The van der Waals surface area contributed by atoms with Crippen molar-refractivity contribution >= 4 is 23.4 Å². The number of fused-ring (bicyclic) bond motifs is 6. The van der Waals surface area contributed by atoms with Crippen LogP contribution in [0.3, 0.4) is 0 Å². The second kappa shape index (κ2) is 6.42. The molecule has 0 N–H and O–H groups in total. The SMILES string of the molecule is COC(=O)[C@H]1[C@@H]2c3ccccc3O[C@@]1(C)N=c1s/c(=C\c3ccccc3)c(=O)n12. The average Bonchev–Trinajstić information content (AvgIpc) is 3.01. The van der Waals surface area contributed by atoms with Gasteiger partial charge in [0.05, 0.1) is 17.7 Å². The van der Waals surface area contributed by atoms with Crippen LogP contribution in [0.5, 0.6) is 5.75 Å². The van der Waals surface area contributed by atoms with Crippen LogP contribution in [0.15, 0.2) is 64.4 Å². The van der Waals surface area contributed by atoms with Gasteiger partial charge >= 0.3 is 5.97 Å². The fourth-order valence-corrected chi connectivity index (χ4v) is 5.23. The number of hydrogen-bond donors (Lipinski definition) is 0. The lowest BCUT2D eigenvalue weighted by atomic mass is 9.81. The third-order valence-corrected chi connectivity index (χ3v) is 6.42. The highest BCUT2D eigenvalue weighted by molar-refractivity contribution is 7.07. The first-order chi connectivity index (χ1) is 14.0. The zero-order valence-corrected chi connectivity index (χ0v) is 16.7. The topological polar surface area (TPSA) is 69.9 Å². The molecule has 29 heavy (non-hydrogen) atoms. The van der Waals surface area contributed by atoms with Crippen LogP contribution < -0.4 is 19.6 Å². The van der Waals surface area contributed by atoms with E-state index in [1.54, 1.807) is 11.5 Å². The van der Waals surface area contributed by atoms with Gasteiger partial charge in [0.25, 0.3) is 5.56 Å². The average molecular weight is 406 g/mol.